The van der Waals surface area contributed by atoms with Crippen molar-refractivity contribution in [3.8, 4) is 0 Å². The summed E-state index contributed by atoms with van der Waals surface area (Å²) in [5.41, 5.74) is 5.76. The number of nitrogens with one attached hydrogen (secondary N) is 1. The van der Waals surface area contributed by atoms with Gasteiger partial charge in [0.15, 0.2) is 0 Å². The van der Waals surface area contributed by atoms with Crippen molar-refractivity contribution in [2.45, 2.75) is 33.7 Å². The number of nitrogens with two attached hydrogens (primary N) is 1. The molecule has 1 rings (SSSR count). The van der Waals surface area contributed by atoms with Gasteiger partial charge in [-0.15, -0.1) is 0 Å². The van der Waals surface area contributed by atoms with Crippen LogP contribution < -0.4 is 11.1 Å². The number of aromatic nitrogens is 2. The molecule has 0 aliphatic rings. The summed E-state index contributed by atoms with van der Waals surface area (Å²) in [5.74, 6) is 1.53. The highest BCUT2D eigenvalue weighted by atomic mass is 15.0. The summed E-state index contributed by atoms with van der Waals surface area (Å²) in [5, 5.41) is 3.30. The molecule has 0 atom stereocenters. The lowest BCUT2D eigenvalue weighted by molar-refractivity contribution is 0.376. The van der Waals surface area contributed by atoms with Gasteiger partial charge in [0.25, 0.3) is 0 Å². The molecule has 0 saturated heterocycles. The number of hydrogen-bond donors (Lipinski definition) is 2. The van der Waals surface area contributed by atoms with E-state index in [1.165, 1.54) is 0 Å². The van der Waals surface area contributed by atoms with Crippen molar-refractivity contribution < 1.29 is 0 Å². The maximum absolute atomic E-state index is 5.47. The second-order valence-corrected chi connectivity index (χ2v) is 4.43. The molecule has 3 N–H and O–H groups in total. The van der Waals surface area contributed by atoms with Crippen LogP contribution in [0.4, 0.5) is 5.82 Å². The highest BCUT2D eigenvalue weighted by Crippen LogP contribution is 2.19. The molecule has 4 nitrogen and oxygen atoms in total. The molecule has 4 heteroatoms. The van der Waals surface area contributed by atoms with E-state index in [9.17, 15) is 0 Å². The molecule has 0 unspecified atom stereocenters. The van der Waals surface area contributed by atoms with Crippen molar-refractivity contribution in [3.63, 3.8) is 0 Å². The van der Waals surface area contributed by atoms with E-state index < -0.39 is 0 Å². The van der Waals surface area contributed by atoms with Gasteiger partial charge in [-0.3, -0.25) is 0 Å². The summed E-state index contributed by atoms with van der Waals surface area (Å²) >= 11 is 0. The van der Waals surface area contributed by atoms with Gasteiger partial charge in [-0.2, -0.15) is 0 Å². The Morgan fingerprint density at radius 2 is 2.20 bits per heavy atom. The van der Waals surface area contributed by atoms with Gasteiger partial charge in [0.1, 0.15) is 11.6 Å². The van der Waals surface area contributed by atoms with Gasteiger partial charge in [-0.05, 0) is 17.9 Å². The van der Waals surface area contributed by atoms with Gasteiger partial charge in [-0.1, -0.05) is 20.8 Å². The Morgan fingerprint density at radius 1 is 1.47 bits per heavy atom. The summed E-state index contributed by atoms with van der Waals surface area (Å²) in [6.45, 7) is 7.93. The number of rotatable bonds is 5. The van der Waals surface area contributed by atoms with Crippen LogP contribution in [0.5, 0.6) is 0 Å². The average molecular weight is 208 g/mol. The molecule has 84 valence electrons. The second kappa shape index (κ2) is 5.07. The molecule has 0 radical (unpaired) electrons. The Balaban J connectivity index is 2.57. The average Bonchev–Trinajstić information content (AvgIpc) is 2.27. The van der Waals surface area contributed by atoms with E-state index in [4.69, 9.17) is 5.73 Å². The zero-order chi connectivity index (χ0) is 11.3. The molecule has 1 heterocycles. The molecule has 1 aromatic rings. The van der Waals surface area contributed by atoms with E-state index in [2.05, 4.69) is 36.1 Å². The third kappa shape index (κ3) is 3.83. The van der Waals surface area contributed by atoms with E-state index in [-0.39, 0.29) is 5.41 Å². The third-order valence-corrected chi connectivity index (χ3v) is 2.59. The molecule has 0 bridgehead atoms. The normalized spacial score (nSPS) is 11.5. The van der Waals surface area contributed by atoms with Crippen LogP contribution in [0.15, 0.2) is 12.3 Å². The molecule has 0 aliphatic heterocycles. The van der Waals surface area contributed by atoms with E-state index in [0.29, 0.717) is 12.4 Å². The summed E-state index contributed by atoms with van der Waals surface area (Å²) in [7, 11) is 0. The van der Waals surface area contributed by atoms with Gasteiger partial charge in [0.2, 0.25) is 0 Å². The van der Waals surface area contributed by atoms with Crippen molar-refractivity contribution >= 4 is 5.82 Å². The fourth-order valence-electron chi connectivity index (χ4n) is 1.05. The quantitative estimate of drug-likeness (QED) is 0.774. The monoisotopic (exact) mass is 208 g/mol. The van der Waals surface area contributed by atoms with Crippen LogP contribution in [-0.4, -0.2) is 16.5 Å². The summed E-state index contributed by atoms with van der Waals surface area (Å²) < 4.78 is 0. The molecule has 0 fully saturated rings. The van der Waals surface area contributed by atoms with Crippen molar-refractivity contribution in [3.05, 3.63) is 18.1 Å². The lowest BCUT2D eigenvalue weighted by Gasteiger charge is -2.23. The second-order valence-electron chi connectivity index (χ2n) is 4.43. The van der Waals surface area contributed by atoms with Crippen molar-refractivity contribution in [2.24, 2.45) is 11.1 Å². The predicted molar refractivity (Wildman–Crippen MR) is 62.5 cm³/mol. The molecule has 0 amide bonds. The van der Waals surface area contributed by atoms with Crippen LogP contribution in [0.1, 0.15) is 33.0 Å². The van der Waals surface area contributed by atoms with Crippen molar-refractivity contribution in [2.75, 3.05) is 11.9 Å². The van der Waals surface area contributed by atoms with Crippen molar-refractivity contribution in [1.29, 1.82) is 0 Å². The molecular formula is C11H20N4. The highest BCUT2D eigenvalue weighted by molar-refractivity contribution is 5.33. The van der Waals surface area contributed by atoms with Gasteiger partial charge in [0.05, 0.1) is 6.54 Å². The SMILES string of the molecule is CCC(C)(C)CNc1ccnc(CN)n1. The number of nitrogens with zero attached hydrogens (tertiary/aromatic N) is 2. The maximum Gasteiger partial charge on any atom is 0.144 e. The van der Waals surface area contributed by atoms with Crippen LogP contribution in [0.2, 0.25) is 0 Å². The van der Waals surface area contributed by atoms with Crippen molar-refractivity contribution in [1.82, 2.24) is 9.97 Å². The van der Waals surface area contributed by atoms with Crippen LogP contribution in [0.3, 0.4) is 0 Å². The summed E-state index contributed by atoms with van der Waals surface area (Å²) in [6, 6.07) is 1.87. The summed E-state index contributed by atoms with van der Waals surface area (Å²) in [4.78, 5) is 8.33. The first-order chi connectivity index (χ1) is 7.07. The highest BCUT2D eigenvalue weighted by Gasteiger charge is 2.14. The Hall–Kier alpha value is -1.16. The standard InChI is InChI=1S/C11H20N4/c1-4-11(2,3)8-14-9-5-6-13-10(7-12)15-9/h5-6H,4,7-8,12H2,1-3H3,(H,13,14,15). The Kier molecular flexibility index (Phi) is 4.03. The molecule has 0 aliphatic carbocycles. The molecule has 15 heavy (non-hydrogen) atoms. The minimum Gasteiger partial charge on any atom is -0.369 e. The Bertz CT molecular complexity index is 309. The summed E-state index contributed by atoms with van der Waals surface area (Å²) in [6.07, 6.45) is 2.87. The van der Waals surface area contributed by atoms with Crippen LogP contribution in [0, 0.1) is 5.41 Å². The number of hydrogen-bond acceptors (Lipinski definition) is 4. The van der Waals surface area contributed by atoms with Crippen LogP contribution >= 0.6 is 0 Å². The predicted octanol–water partition coefficient (Wildman–Crippen LogP) is 1.78. The zero-order valence-electron chi connectivity index (χ0n) is 9.75. The minimum atomic E-state index is 0.286. The van der Waals surface area contributed by atoms with Gasteiger partial charge in [-0.25, -0.2) is 9.97 Å². The Morgan fingerprint density at radius 3 is 2.80 bits per heavy atom. The lowest BCUT2D eigenvalue weighted by atomic mass is 9.90. The van der Waals surface area contributed by atoms with Gasteiger partial charge >= 0.3 is 0 Å². The first-order valence-electron chi connectivity index (χ1n) is 5.33. The van der Waals surface area contributed by atoms with Crippen LogP contribution in [0.25, 0.3) is 0 Å². The van der Waals surface area contributed by atoms with E-state index in [0.717, 1.165) is 18.8 Å². The number of anilines is 1. The first kappa shape index (κ1) is 11.9. The fraction of sp³-hybridized carbons (Fsp3) is 0.636. The van der Waals surface area contributed by atoms with E-state index in [1.54, 1.807) is 6.20 Å². The first-order valence-corrected chi connectivity index (χ1v) is 5.33. The van der Waals surface area contributed by atoms with E-state index >= 15 is 0 Å². The molecule has 0 aromatic carbocycles. The van der Waals surface area contributed by atoms with E-state index in [1.807, 2.05) is 6.07 Å². The maximum atomic E-state index is 5.47. The molecule has 1 aromatic heterocycles. The Labute approximate surface area is 91.3 Å². The lowest BCUT2D eigenvalue weighted by Crippen LogP contribution is -2.22. The molecular weight excluding hydrogens is 188 g/mol. The third-order valence-electron chi connectivity index (χ3n) is 2.59. The van der Waals surface area contributed by atoms with Gasteiger partial charge < -0.3 is 11.1 Å². The topological polar surface area (TPSA) is 63.8 Å². The van der Waals surface area contributed by atoms with Gasteiger partial charge in [0, 0.05) is 12.7 Å². The zero-order valence-corrected chi connectivity index (χ0v) is 9.75. The molecule has 0 spiro atoms. The van der Waals surface area contributed by atoms with Crippen LogP contribution in [-0.2, 0) is 6.54 Å². The smallest absolute Gasteiger partial charge is 0.144 e. The fourth-order valence-corrected chi connectivity index (χ4v) is 1.05. The minimum absolute atomic E-state index is 0.286. The largest absolute Gasteiger partial charge is 0.369 e. The molecule has 0 saturated carbocycles.